The molecule has 1 fully saturated rings. The van der Waals surface area contributed by atoms with Crippen LogP contribution in [0.25, 0.3) is 11.3 Å². The van der Waals surface area contributed by atoms with E-state index in [1.54, 1.807) is 18.3 Å². The standard InChI is InChI=1S/C24H19N3O2S/c28-19-12-5-4-11-18(19)27-23(22(26-24(27)30)17-10-6-7-15-25-17)21-14-13-20(29-21)16-8-2-1-3-9-16/h1-15,22-23,28H,(H,26,30). The molecular formula is C24H19N3O2S. The van der Waals surface area contributed by atoms with Crippen molar-refractivity contribution in [1.29, 1.82) is 0 Å². The molecule has 4 aromatic rings. The number of hydrogen-bond acceptors (Lipinski definition) is 4. The Kier molecular flexibility index (Phi) is 4.69. The molecule has 0 radical (unpaired) electrons. The van der Waals surface area contributed by atoms with E-state index in [0.29, 0.717) is 10.8 Å². The average molecular weight is 414 g/mol. The first-order valence-electron chi connectivity index (χ1n) is 9.66. The van der Waals surface area contributed by atoms with Crippen molar-refractivity contribution in [1.82, 2.24) is 10.3 Å². The van der Waals surface area contributed by atoms with Crippen molar-refractivity contribution in [2.24, 2.45) is 0 Å². The van der Waals surface area contributed by atoms with Crippen LogP contribution in [0, 0.1) is 0 Å². The highest BCUT2D eigenvalue weighted by molar-refractivity contribution is 7.80. The lowest BCUT2D eigenvalue weighted by atomic mass is 10.0. The molecule has 6 heteroatoms. The molecule has 0 spiro atoms. The van der Waals surface area contributed by atoms with Gasteiger partial charge in [0.15, 0.2) is 5.11 Å². The first-order valence-corrected chi connectivity index (χ1v) is 10.1. The van der Waals surface area contributed by atoms with Crippen LogP contribution in [0.15, 0.2) is 95.5 Å². The zero-order valence-electron chi connectivity index (χ0n) is 16.0. The molecule has 2 unspecified atom stereocenters. The minimum atomic E-state index is -0.307. The van der Waals surface area contributed by atoms with Gasteiger partial charge in [-0.05, 0) is 48.6 Å². The van der Waals surface area contributed by atoms with Crippen molar-refractivity contribution in [2.45, 2.75) is 12.1 Å². The highest BCUT2D eigenvalue weighted by Gasteiger charge is 2.43. The number of anilines is 1. The summed E-state index contributed by atoms with van der Waals surface area (Å²) in [5.41, 5.74) is 2.47. The number of benzene rings is 2. The van der Waals surface area contributed by atoms with E-state index < -0.39 is 0 Å². The molecule has 1 aliphatic heterocycles. The van der Waals surface area contributed by atoms with Crippen molar-refractivity contribution in [2.75, 3.05) is 4.90 Å². The Balaban J connectivity index is 1.62. The molecular weight excluding hydrogens is 394 g/mol. The summed E-state index contributed by atoms with van der Waals surface area (Å²) in [6.45, 7) is 0. The maximum absolute atomic E-state index is 10.5. The fourth-order valence-electron chi connectivity index (χ4n) is 3.84. The molecule has 5 nitrogen and oxygen atoms in total. The Morgan fingerprint density at radius 3 is 2.43 bits per heavy atom. The fourth-order valence-corrected chi connectivity index (χ4v) is 4.18. The van der Waals surface area contributed by atoms with Crippen molar-refractivity contribution in [3.05, 3.63) is 103 Å². The van der Waals surface area contributed by atoms with Gasteiger partial charge in [0.05, 0.1) is 17.4 Å². The number of phenols is 1. The van der Waals surface area contributed by atoms with E-state index in [1.807, 2.05) is 77.7 Å². The molecule has 0 saturated carbocycles. The summed E-state index contributed by atoms with van der Waals surface area (Å²) in [6.07, 6.45) is 1.76. The van der Waals surface area contributed by atoms with Crippen LogP contribution in [0.2, 0.25) is 0 Å². The summed E-state index contributed by atoms with van der Waals surface area (Å²) >= 11 is 5.67. The lowest BCUT2D eigenvalue weighted by Gasteiger charge is -2.26. The normalized spacial score (nSPS) is 18.4. The minimum Gasteiger partial charge on any atom is -0.506 e. The van der Waals surface area contributed by atoms with E-state index in [4.69, 9.17) is 16.6 Å². The highest BCUT2D eigenvalue weighted by Crippen LogP contribution is 2.45. The average Bonchev–Trinajstić information content (AvgIpc) is 3.40. The minimum absolute atomic E-state index is 0.156. The fraction of sp³-hybridized carbons (Fsp3) is 0.0833. The molecule has 5 rings (SSSR count). The number of thiocarbonyl (C=S) groups is 1. The Hall–Kier alpha value is -3.64. The molecule has 2 aromatic heterocycles. The van der Waals surface area contributed by atoms with Crippen LogP contribution in [0.5, 0.6) is 5.75 Å². The number of aromatic nitrogens is 1. The molecule has 0 amide bonds. The van der Waals surface area contributed by atoms with Gasteiger partial charge in [-0.25, -0.2) is 0 Å². The van der Waals surface area contributed by atoms with Crippen LogP contribution in [0.4, 0.5) is 5.69 Å². The largest absolute Gasteiger partial charge is 0.506 e. The Morgan fingerprint density at radius 2 is 1.67 bits per heavy atom. The molecule has 0 bridgehead atoms. The third-order valence-electron chi connectivity index (χ3n) is 5.22. The number of aromatic hydroxyl groups is 1. The van der Waals surface area contributed by atoms with E-state index in [0.717, 1.165) is 22.8 Å². The molecule has 3 heterocycles. The number of rotatable bonds is 4. The van der Waals surface area contributed by atoms with Crippen LogP contribution >= 0.6 is 12.2 Å². The van der Waals surface area contributed by atoms with Crippen LogP contribution < -0.4 is 10.2 Å². The second-order valence-corrected chi connectivity index (χ2v) is 7.44. The SMILES string of the molecule is Oc1ccccc1N1C(=S)NC(c2ccccn2)C1c1ccc(-c2ccccc2)o1. The summed E-state index contributed by atoms with van der Waals surface area (Å²) < 4.78 is 6.29. The number of hydrogen-bond donors (Lipinski definition) is 2. The van der Waals surface area contributed by atoms with E-state index in [1.165, 1.54) is 0 Å². The van der Waals surface area contributed by atoms with E-state index in [-0.39, 0.29) is 17.8 Å². The maximum atomic E-state index is 10.5. The predicted octanol–water partition coefficient (Wildman–Crippen LogP) is 5.22. The summed E-state index contributed by atoms with van der Waals surface area (Å²) in [7, 11) is 0. The van der Waals surface area contributed by atoms with Crippen molar-refractivity contribution in [3.8, 4) is 17.1 Å². The van der Waals surface area contributed by atoms with Crippen LogP contribution in [0.3, 0.4) is 0 Å². The van der Waals surface area contributed by atoms with Crippen molar-refractivity contribution in [3.63, 3.8) is 0 Å². The number of furan rings is 1. The van der Waals surface area contributed by atoms with Crippen molar-refractivity contribution >= 4 is 23.0 Å². The molecule has 2 atom stereocenters. The number of phenolic OH excluding ortho intramolecular Hbond substituents is 1. The van der Waals surface area contributed by atoms with Crippen LogP contribution in [-0.4, -0.2) is 15.2 Å². The first-order chi connectivity index (χ1) is 14.7. The summed E-state index contributed by atoms with van der Waals surface area (Å²) in [6, 6.07) is 26.3. The van der Waals surface area contributed by atoms with Gasteiger partial charge in [0.2, 0.25) is 0 Å². The van der Waals surface area contributed by atoms with Crippen LogP contribution in [0.1, 0.15) is 23.5 Å². The van der Waals surface area contributed by atoms with Gasteiger partial charge in [-0.3, -0.25) is 4.98 Å². The molecule has 30 heavy (non-hydrogen) atoms. The number of nitrogens with zero attached hydrogens (tertiary/aromatic N) is 2. The van der Waals surface area contributed by atoms with E-state index in [2.05, 4.69) is 10.3 Å². The monoisotopic (exact) mass is 413 g/mol. The molecule has 0 aliphatic carbocycles. The second-order valence-electron chi connectivity index (χ2n) is 7.05. The number of pyridine rings is 1. The zero-order chi connectivity index (χ0) is 20.5. The first kappa shape index (κ1) is 18.4. The number of para-hydroxylation sites is 2. The Bertz CT molecular complexity index is 1180. The maximum Gasteiger partial charge on any atom is 0.174 e. The Labute approximate surface area is 179 Å². The topological polar surface area (TPSA) is 61.5 Å². The predicted molar refractivity (Wildman–Crippen MR) is 120 cm³/mol. The van der Waals surface area contributed by atoms with Gasteiger partial charge in [-0.15, -0.1) is 0 Å². The van der Waals surface area contributed by atoms with Crippen LogP contribution in [-0.2, 0) is 0 Å². The third-order valence-corrected chi connectivity index (χ3v) is 5.53. The van der Waals surface area contributed by atoms with Crippen molar-refractivity contribution < 1.29 is 9.52 Å². The second kappa shape index (κ2) is 7.65. The van der Waals surface area contributed by atoms with E-state index in [9.17, 15) is 5.11 Å². The van der Waals surface area contributed by atoms with Gasteiger partial charge < -0.3 is 19.7 Å². The summed E-state index contributed by atoms with van der Waals surface area (Å²) in [5, 5.41) is 14.4. The summed E-state index contributed by atoms with van der Waals surface area (Å²) in [4.78, 5) is 6.43. The highest BCUT2D eigenvalue weighted by atomic mass is 32.1. The molecule has 1 saturated heterocycles. The Morgan fingerprint density at radius 1 is 0.900 bits per heavy atom. The van der Waals surface area contributed by atoms with Gasteiger partial charge in [0.25, 0.3) is 0 Å². The molecule has 148 valence electrons. The smallest absolute Gasteiger partial charge is 0.174 e. The molecule has 2 N–H and O–H groups in total. The number of nitrogens with one attached hydrogen (secondary N) is 1. The van der Waals surface area contributed by atoms with Gasteiger partial charge in [0.1, 0.15) is 23.3 Å². The van der Waals surface area contributed by atoms with Gasteiger partial charge in [0, 0.05) is 11.8 Å². The molecule has 1 aliphatic rings. The van der Waals surface area contributed by atoms with Gasteiger partial charge >= 0.3 is 0 Å². The quantitative estimate of drug-likeness (QED) is 0.447. The lowest BCUT2D eigenvalue weighted by molar-refractivity contribution is 0.434. The lowest BCUT2D eigenvalue weighted by Crippen LogP contribution is -2.29. The third kappa shape index (κ3) is 3.21. The summed E-state index contributed by atoms with van der Waals surface area (Å²) in [5.74, 6) is 1.67. The van der Waals surface area contributed by atoms with Gasteiger partial charge in [-0.1, -0.05) is 48.5 Å². The van der Waals surface area contributed by atoms with E-state index >= 15 is 0 Å². The zero-order valence-corrected chi connectivity index (χ0v) is 16.8. The van der Waals surface area contributed by atoms with Gasteiger partial charge in [-0.2, -0.15) is 0 Å². The molecule has 2 aromatic carbocycles.